The molecule has 0 spiro atoms. The van der Waals surface area contributed by atoms with Crippen molar-refractivity contribution < 1.29 is 28.2 Å². The van der Waals surface area contributed by atoms with Gasteiger partial charge in [-0.15, -0.1) is 0 Å². The van der Waals surface area contributed by atoms with Crippen molar-refractivity contribution in [3.8, 4) is 5.75 Å². The molecule has 2 aromatic rings. The minimum absolute atomic E-state index is 0.215. The van der Waals surface area contributed by atoms with Crippen molar-refractivity contribution in [2.45, 2.75) is 11.8 Å². The molecule has 2 aromatic carbocycles. The third-order valence-corrected chi connectivity index (χ3v) is 4.33. The van der Waals surface area contributed by atoms with Gasteiger partial charge in [-0.05, 0) is 36.4 Å². The number of sulfonamides is 1. The van der Waals surface area contributed by atoms with E-state index in [0.717, 1.165) is 18.2 Å². The highest BCUT2D eigenvalue weighted by Gasteiger charge is 2.17. The molecule has 0 atom stereocenters. The molecule has 126 valence electrons. The van der Waals surface area contributed by atoms with Crippen LogP contribution < -0.4 is 15.1 Å². The van der Waals surface area contributed by atoms with E-state index < -0.39 is 27.3 Å². The summed E-state index contributed by atoms with van der Waals surface area (Å²) in [4.78, 5) is 21.5. The molecule has 24 heavy (non-hydrogen) atoms. The Hall–Kier alpha value is -3.07. The minimum atomic E-state index is -4.06. The molecule has 0 aliphatic rings. The van der Waals surface area contributed by atoms with E-state index in [1.165, 1.54) is 31.2 Å². The van der Waals surface area contributed by atoms with Gasteiger partial charge in [0.25, 0.3) is 10.0 Å². The Morgan fingerprint density at radius 1 is 1.04 bits per heavy atom. The van der Waals surface area contributed by atoms with E-state index in [0.29, 0.717) is 5.69 Å². The van der Waals surface area contributed by atoms with E-state index in [1.54, 1.807) is 0 Å². The van der Waals surface area contributed by atoms with E-state index >= 15 is 0 Å². The van der Waals surface area contributed by atoms with Crippen LogP contribution in [0.4, 0.5) is 11.4 Å². The number of nitrogens with one attached hydrogen (secondary N) is 2. The molecule has 0 aromatic heterocycles. The Kier molecular flexibility index (Phi) is 4.74. The van der Waals surface area contributed by atoms with E-state index in [-0.39, 0.29) is 16.5 Å². The highest BCUT2D eigenvalue weighted by molar-refractivity contribution is 7.92. The first-order chi connectivity index (χ1) is 11.2. The van der Waals surface area contributed by atoms with Crippen LogP contribution in [0.5, 0.6) is 5.75 Å². The number of carboxylic acids is 1. The van der Waals surface area contributed by atoms with Crippen LogP contribution in [0.3, 0.4) is 0 Å². The molecule has 9 heteroatoms. The Labute approximate surface area is 137 Å². The Balaban J connectivity index is 2.27. The van der Waals surface area contributed by atoms with Gasteiger partial charge in [-0.2, -0.15) is 0 Å². The number of hydrogen-bond donors (Lipinski definition) is 3. The fourth-order valence-electron chi connectivity index (χ4n) is 1.88. The van der Waals surface area contributed by atoms with Crippen molar-refractivity contribution in [2.24, 2.45) is 0 Å². The topological polar surface area (TPSA) is 136 Å². The number of carbonyl (C=O) groups excluding carboxylic acids is 1. The number of hydrogen-bond acceptors (Lipinski definition) is 5. The minimum Gasteiger partial charge on any atom is -0.872 e. The third-order valence-electron chi connectivity index (χ3n) is 2.95. The molecule has 8 nitrogen and oxygen atoms in total. The van der Waals surface area contributed by atoms with Gasteiger partial charge in [-0.1, -0.05) is 11.8 Å². The molecular formula is C15H13N2O6S-. The third kappa shape index (κ3) is 4.02. The van der Waals surface area contributed by atoms with Crippen molar-refractivity contribution >= 4 is 33.3 Å². The Morgan fingerprint density at radius 3 is 2.17 bits per heavy atom. The van der Waals surface area contributed by atoms with Gasteiger partial charge in [0.1, 0.15) is 0 Å². The monoisotopic (exact) mass is 349 g/mol. The van der Waals surface area contributed by atoms with Crippen LogP contribution in [-0.2, 0) is 14.8 Å². The maximum absolute atomic E-state index is 12.3. The number of carboxylic acid groups (broad SMARTS) is 1. The molecule has 0 aliphatic carbocycles. The summed E-state index contributed by atoms with van der Waals surface area (Å²) < 4.78 is 26.8. The van der Waals surface area contributed by atoms with Crippen LogP contribution in [0.25, 0.3) is 0 Å². The molecule has 0 unspecified atom stereocenters. The predicted molar refractivity (Wildman–Crippen MR) is 84.4 cm³/mol. The standard InChI is InChI=1S/C15H14N2O6S/c1-9(18)16-10-2-4-11(5-3-10)17-24(22,23)12-6-7-14(19)13(8-12)15(20)21/h2-8,17,19H,1H3,(H,16,18)(H,20,21)/p-1. The van der Waals surface area contributed by atoms with Gasteiger partial charge in [0.05, 0.1) is 10.5 Å². The van der Waals surface area contributed by atoms with Gasteiger partial charge in [-0.25, -0.2) is 13.2 Å². The first kappa shape index (κ1) is 17.3. The SMILES string of the molecule is CC(=O)Nc1ccc(NS(=O)(=O)c2ccc([O-])c(C(=O)O)c2)cc1. The maximum atomic E-state index is 12.3. The van der Waals surface area contributed by atoms with Crippen LogP contribution in [0.1, 0.15) is 17.3 Å². The number of benzene rings is 2. The number of aromatic carboxylic acids is 1. The lowest BCUT2D eigenvalue weighted by Gasteiger charge is -2.13. The zero-order valence-electron chi connectivity index (χ0n) is 12.4. The first-order valence-electron chi connectivity index (χ1n) is 6.64. The van der Waals surface area contributed by atoms with Gasteiger partial charge in [0.15, 0.2) is 0 Å². The summed E-state index contributed by atoms with van der Waals surface area (Å²) >= 11 is 0. The predicted octanol–water partition coefficient (Wildman–Crippen LogP) is 1.22. The normalized spacial score (nSPS) is 10.9. The quantitative estimate of drug-likeness (QED) is 0.742. The molecule has 0 fully saturated rings. The van der Waals surface area contributed by atoms with Crippen molar-refractivity contribution in [3.63, 3.8) is 0 Å². The molecule has 3 N–H and O–H groups in total. The molecule has 0 saturated heterocycles. The molecular weight excluding hydrogens is 336 g/mol. The van der Waals surface area contributed by atoms with Crippen molar-refractivity contribution in [1.29, 1.82) is 0 Å². The Bertz CT molecular complexity index is 891. The van der Waals surface area contributed by atoms with E-state index in [4.69, 9.17) is 5.11 Å². The van der Waals surface area contributed by atoms with Crippen molar-refractivity contribution in [1.82, 2.24) is 0 Å². The fourth-order valence-corrected chi connectivity index (χ4v) is 2.97. The molecule has 0 radical (unpaired) electrons. The Morgan fingerprint density at radius 2 is 1.62 bits per heavy atom. The van der Waals surface area contributed by atoms with Gasteiger partial charge >= 0.3 is 5.97 Å². The smallest absolute Gasteiger partial charge is 0.335 e. The van der Waals surface area contributed by atoms with Crippen molar-refractivity contribution in [3.05, 3.63) is 48.0 Å². The molecule has 1 amide bonds. The summed E-state index contributed by atoms with van der Waals surface area (Å²) in [5.41, 5.74) is 0.0837. The number of anilines is 2. The molecule has 0 saturated carbocycles. The second-order valence-corrected chi connectivity index (χ2v) is 6.51. The van der Waals surface area contributed by atoms with Crippen LogP contribution in [0.2, 0.25) is 0 Å². The van der Waals surface area contributed by atoms with Crippen LogP contribution in [0.15, 0.2) is 47.4 Å². The summed E-state index contributed by atoms with van der Waals surface area (Å²) in [6.45, 7) is 1.34. The van der Waals surface area contributed by atoms with Crippen LogP contribution >= 0.6 is 0 Å². The highest BCUT2D eigenvalue weighted by Crippen LogP contribution is 2.22. The summed E-state index contributed by atoms with van der Waals surface area (Å²) in [7, 11) is -4.06. The van der Waals surface area contributed by atoms with E-state index in [2.05, 4.69) is 10.0 Å². The largest absolute Gasteiger partial charge is 0.872 e. The summed E-state index contributed by atoms with van der Waals surface area (Å²) in [5, 5.41) is 22.8. The first-order valence-corrected chi connectivity index (χ1v) is 8.12. The molecule has 2 rings (SSSR count). The molecule has 0 heterocycles. The molecule has 0 bridgehead atoms. The van der Waals surface area contributed by atoms with Gasteiger partial charge in [0.2, 0.25) is 5.91 Å². The maximum Gasteiger partial charge on any atom is 0.335 e. The summed E-state index contributed by atoms with van der Waals surface area (Å²) in [6.07, 6.45) is 0. The van der Waals surface area contributed by atoms with Gasteiger partial charge < -0.3 is 15.5 Å². The fraction of sp³-hybridized carbons (Fsp3) is 0.0667. The van der Waals surface area contributed by atoms with E-state index in [9.17, 15) is 23.1 Å². The zero-order chi connectivity index (χ0) is 17.9. The number of amides is 1. The van der Waals surface area contributed by atoms with Gasteiger partial charge in [0, 0.05) is 18.3 Å². The van der Waals surface area contributed by atoms with Crippen LogP contribution in [0, 0.1) is 0 Å². The summed E-state index contributed by atoms with van der Waals surface area (Å²) in [5.74, 6) is -2.54. The second-order valence-electron chi connectivity index (χ2n) is 4.83. The van der Waals surface area contributed by atoms with Crippen LogP contribution in [-0.4, -0.2) is 25.4 Å². The van der Waals surface area contributed by atoms with Crippen molar-refractivity contribution in [2.75, 3.05) is 10.0 Å². The second kappa shape index (κ2) is 6.59. The number of rotatable bonds is 5. The summed E-state index contributed by atoms with van der Waals surface area (Å²) in [6, 6.07) is 8.59. The number of carbonyl (C=O) groups is 2. The zero-order valence-corrected chi connectivity index (χ0v) is 13.3. The highest BCUT2D eigenvalue weighted by atomic mass is 32.2. The lowest BCUT2D eigenvalue weighted by Crippen LogP contribution is -2.14. The average molecular weight is 349 g/mol. The molecule has 0 aliphatic heterocycles. The average Bonchev–Trinajstić information content (AvgIpc) is 2.48. The lowest BCUT2D eigenvalue weighted by molar-refractivity contribution is -0.268. The van der Waals surface area contributed by atoms with E-state index in [1.807, 2.05) is 0 Å². The lowest BCUT2D eigenvalue weighted by atomic mass is 10.2. The van der Waals surface area contributed by atoms with Gasteiger partial charge in [-0.3, -0.25) is 9.52 Å².